The highest BCUT2D eigenvalue weighted by Crippen LogP contribution is 2.36. The van der Waals surface area contributed by atoms with Gasteiger partial charge >= 0.3 is 0 Å². The molecule has 6 heteroatoms. The van der Waals surface area contributed by atoms with Gasteiger partial charge in [0, 0.05) is 19.2 Å². The summed E-state index contributed by atoms with van der Waals surface area (Å²) in [4.78, 5) is 22.7. The number of rotatable bonds is 1. The van der Waals surface area contributed by atoms with E-state index in [0.717, 1.165) is 35.5 Å². The second-order valence-corrected chi connectivity index (χ2v) is 5.54. The summed E-state index contributed by atoms with van der Waals surface area (Å²) in [6.07, 6.45) is 2.33. The molecule has 1 amide bonds. The third-order valence-electron chi connectivity index (χ3n) is 4.00. The highest BCUT2D eigenvalue weighted by atomic mass is 16.5. The maximum Gasteiger partial charge on any atom is 0.258 e. The molecule has 1 fully saturated rings. The number of hydrogen-bond donors (Lipinski definition) is 1. The Morgan fingerprint density at radius 1 is 1.38 bits per heavy atom. The van der Waals surface area contributed by atoms with Crippen molar-refractivity contribution in [2.45, 2.75) is 25.8 Å². The maximum atomic E-state index is 11.1. The van der Waals surface area contributed by atoms with Gasteiger partial charge in [0.15, 0.2) is 5.82 Å². The summed E-state index contributed by atoms with van der Waals surface area (Å²) < 4.78 is 5.76. The number of carbonyl (C=O) groups is 1. The van der Waals surface area contributed by atoms with Crippen LogP contribution in [0.4, 0.5) is 11.5 Å². The SMILES string of the molecule is CC(=O)Nc1ccc2nc3c(nc2c1)OCC1CCCN31. The van der Waals surface area contributed by atoms with E-state index in [1.54, 1.807) is 0 Å². The molecule has 2 aliphatic rings. The Morgan fingerprint density at radius 2 is 2.29 bits per heavy atom. The van der Waals surface area contributed by atoms with Crippen LogP contribution >= 0.6 is 0 Å². The van der Waals surface area contributed by atoms with Crippen LogP contribution in [-0.2, 0) is 4.79 Å². The average molecular weight is 284 g/mol. The molecule has 3 heterocycles. The van der Waals surface area contributed by atoms with E-state index in [0.29, 0.717) is 18.5 Å². The molecule has 1 N–H and O–H groups in total. The summed E-state index contributed by atoms with van der Waals surface area (Å²) in [5.74, 6) is 1.35. The summed E-state index contributed by atoms with van der Waals surface area (Å²) in [6, 6.07) is 5.98. The molecular formula is C15H16N4O2. The van der Waals surface area contributed by atoms with Crippen molar-refractivity contribution in [2.24, 2.45) is 0 Å². The maximum absolute atomic E-state index is 11.1. The molecule has 2 aliphatic heterocycles. The Balaban J connectivity index is 1.79. The molecule has 0 radical (unpaired) electrons. The van der Waals surface area contributed by atoms with Gasteiger partial charge in [0.05, 0.1) is 17.1 Å². The molecular weight excluding hydrogens is 268 g/mol. The highest BCUT2D eigenvalue weighted by molar-refractivity contribution is 5.91. The van der Waals surface area contributed by atoms with Gasteiger partial charge in [-0.05, 0) is 31.0 Å². The van der Waals surface area contributed by atoms with Crippen molar-refractivity contribution >= 4 is 28.4 Å². The van der Waals surface area contributed by atoms with Crippen LogP contribution in [0.25, 0.3) is 11.0 Å². The number of ether oxygens (including phenoxy) is 1. The first-order chi connectivity index (χ1) is 10.2. The van der Waals surface area contributed by atoms with Gasteiger partial charge in [0.25, 0.3) is 5.88 Å². The van der Waals surface area contributed by atoms with Crippen LogP contribution in [0.5, 0.6) is 5.88 Å². The summed E-state index contributed by atoms with van der Waals surface area (Å²) in [6.45, 7) is 3.18. The second-order valence-electron chi connectivity index (χ2n) is 5.54. The zero-order valence-corrected chi connectivity index (χ0v) is 11.8. The van der Waals surface area contributed by atoms with Gasteiger partial charge in [-0.3, -0.25) is 4.79 Å². The van der Waals surface area contributed by atoms with Gasteiger partial charge in [-0.25, -0.2) is 9.97 Å². The minimum Gasteiger partial charge on any atom is -0.473 e. The van der Waals surface area contributed by atoms with Crippen LogP contribution in [-0.4, -0.2) is 35.1 Å². The number of nitrogens with zero attached hydrogens (tertiary/aromatic N) is 3. The lowest BCUT2D eigenvalue weighted by Crippen LogP contribution is -2.39. The number of benzene rings is 1. The van der Waals surface area contributed by atoms with E-state index in [1.165, 1.54) is 13.3 Å². The normalized spacial score (nSPS) is 19.9. The first-order valence-electron chi connectivity index (χ1n) is 7.19. The quantitative estimate of drug-likeness (QED) is 0.867. The molecule has 1 atom stereocenters. The number of fused-ring (bicyclic) bond motifs is 4. The van der Waals surface area contributed by atoms with E-state index in [9.17, 15) is 4.79 Å². The Hall–Kier alpha value is -2.37. The van der Waals surface area contributed by atoms with E-state index in [2.05, 4.69) is 15.2 Å². The van der Waals surface area contributed by atoms with Crippen molar-refractivity contribution in [3.05, 3.63) is 18.2 Å². The monoisotopic (exact) mass is 284 g/mol. The van der Waals surface area contributed by atoms with Crippen molar-refractivity contribution in [3.8, 4) is 5.88 Å². The first-order valence-corrected chi connectivity index (χ1v) is 7.19. The van der Waals surface area contributed by atoms with Gasteiger partial charge < -0.3 is 15.0 Å². The molecule has 0 bridgehead atoms. The molecule has 108 valence electrons. The van der Waals surface area contributed by atoms with Crippen LogP contribution in [0.3, 0.4) is 0 Å². The number of nitrogens with one attached hydrogen (secondary N) is 1. The van der Waals surface area contributed by atoms with Crippen LogP contribution in [0.2, 0.25) is 0 Å². The second kappa shape index (κ2) is 4.58. The van der Waals surface area contributed by atoms with Crippen molar-refractivity contribution in [1.82, 2.24) is 9.97 Å². The minimum atomic E-state index is -0.101. The Labute approximate surface area is 122 Å². The standard InChI is InChI=1S/C15H16N4O2/c1-9(20)16-10-4-5-12-13(7-10)18-15-14(17-12)19-6-2-3-11(19)8-21-15/h4-5,7,11H,2-3,6,8H2,1H3,(H,16,20). The molecule has 21 heavy (non-hydrogen) atoms. The smallest absolute Gasteiger partial charge is 0.258 e. The van der Waals surface area contributed by atoms with Crippen LogP contribution < -0.4 is 15.0 Å². The van der Waals surface area contributed by atoms with Crippen LogP contribution in [0, 0.1) is 0 Å². The number of aromatic nitrogens is 2. The molecule has 6 nitrogen and oxygen atoms in total. The summed E-state index contributed by atoms with van der Waals surface area (Å²) >= 11 is 0. The fourth-order valence-electron chi connectivity index (χ4n) is 3.06. The molecule has 1 aromatic heterocycles. The molecule has 1 unspecified atom stereocenters. The van der Waals surface area contributed by atoms with E-state index in [4.69, 9.17) is 9.72 Å². The molecule has 0 aliphatic carbocycles. The third-order valence-corrected chi connectivity index (χ3v) is 4.00. The van der Waals surface area contributed by atoms with Crippen LogP contribution in [0.1, 0.15) is 19.8 Å². The van der Waals surface area contributed by atoms with Crippen molar-refractivity contribution in [1.29, 1.82) is 0 Å². The lowest BCUT2D eigenvalue weighted by molar-refractivity contribution is -0.114. The zero-order chi connectivity index (χ0) is 14.4. The number of anilines is 2. The molecule has 1 aromatic carbocycles. The van der Waals surface area contributed by atoms with Gasteiger partial charge in [0.1, 0.15) is 6.61 Å². The van der Waals surface area contributed by atoms with Gasteiger partial charge in [0.2, 0.25) is 5.91 Å². The average Bonchev–Trinajstić information content (AvgIpc) is 2.93. The molecule has 0 saturated carbocycles. The molecule has 2 aromatic rings. The van der Waals surface area contributed by atoms with E-state index < -0.39 is 0 Å². The fourth-order valence-corrected chi connectivity index (χ4v) is 3.06. The van der Waals surface area contributed by atoms with E-state index in [-0.39, 0.29) is 5.91 Å². The van der Waals surface area contributed by atoms with Gasteiger partial charge in [-0.2, -0.15) is 0 Å². The lowest BCUT2D eigenvalue weighted by atomic mass is 10.2. The number of hydrogen-bond acceptors (Lipinski definition) is 5. The van der Waals surface area contributed by atoms with Gasteiger partial charge in [-0.1, -0.05) is 0 Å². The topological polar surface area (TPSA) is 67.3 Å². The summed E-state index contributed by atoms with van der Waals surface area (Å²) in [5, 5.41) is 2.76. The predicted octanol–water partition coefficient (Wildman–Crippen LogP) is 1.95. The van der Waals surface area contributed by atoms with E-state index in [1.807, 2.05) is 18.2 Å². The minimum absolute atomic E-state index is 0.101. The Bertz CT molecular complexity index is 731. The third kappa shape index (κ3) is 2.07. The van der Waals surface area contributed by atoms with Crippen molar-refractivity contribution in [2.75, 3.05) is 23.4 Å². The van der Waals surface area contributed by atoms with Crippen LogP contribution in [0.15, 0.2) is 18.2 Å². The Kier molecular flexibility index (Phi) is 2.70. The fraction of sp³-hybridized carbons (Fsp3) is 0.400. The number of carbonyl (C=O) groups excluding carboxylic acids is 1. The first kappa shape index (κ1) is 12.4. The highest BCUT2D eigenvalue weighted by Gasteiger charge is 2.33. The zero-order valence-electron chi connectivity index (χ0n) is 11.8. The molecule has 4 rings (SSSR count). The van der Waals surface area contributed by atoms with Crippen molar-refractivity contribution < 1.29 is 9.53 Å². The number of amides is 1. The van der Waals surface area contributed by atoms with E-state index >= 15 is 0 Å². The van der Waals surface area contributed by atoms with Crippen molar-refractivity contribution in [3.63, 3.8) is 0 Å². The largest absolute Gasteiger partial charge is 0.473 e. The molecule has 1 saturated heterocycles. The van der Waals surface area contributed by atoms with Gasteiger partial charge in [-0.15, -0.1) is 0 Å². The molecule has 0 spiro atoms. The Morgan fingerprint density at radius 3 is 3.14 bits per heavy atom. The summed E-state index contributed by atoms with van der Waals surface area (Å²) in [5.41, 5.74) is 2.27. The predicted molar refractivity (Wildman–Crippen MR) is 79.7 cm³/mol. The summed E-state index contributed by atoms with van der Waals surface area (Å²) in [7, 11) is 0. The lowest BCUT2D eigenvalue weighted by Gasteiger charge is -2.31.